The number of carbonyl (C=O) groups is 1. The Morgan fingerprint density at radius 1 is 0.963 bits per heavy atom. The molecule has 0 radical (unpaired) electrons. The Balaban J connectivity index is 1.35. The van der Waals surface area contributed by atoms with E-state index in [1.54, 1.807) is 18.5 Å². The first-order valence-corrected chi connectivity index (χ1v) is 9.35. The molecule has 27 heavy (non-hydrogen) atoms. The van der Waals surface area contributed by atoms with E-state index in [9.17, 15) is 4.79 Å². The molecule has 3 aromatic rings. The van der Waals surface area contributed by atoms with Gasteiger partial charge in [-0.05, 0) is 34.0 Å². The molecule has 0 saturated carbocycles. The van der Waals surface area contributed by atoms with Crippen molar-refractivity contribution in [3.63, 3.8) is 0 Å². The van der Waals surface area contributed by atoms with E-state index in [0.717, 1.165) is 38.3 Å². The number of amides is 1. The lowest BCUT2D eigenvalue weighted by atomic mass is 10.0. The Morgan fingerprint density at radius 3 is 2.59 bits per heavy atom. The minimum atomic E-state index is 0.0728. The van der Waals surface area contributed by atoms with E-state index in [-0.39, 0.29) is 5.91 Å². The van der Waals surface area contributed by atoms with Crippen LogP contribution in [0.25, 0.3) is 16.8 Å². The standard InChI is InChI=1S/C23H23N3O/c27-23(11-10-19-5-4-12-24-17-19)26-15-13-25(14-16-26)18-21-8-3-7-20-6-1-2-9-22(20)21/h1-12,17H,13-16,18H2/b11-10+. The molecule has 136 valence electrons. The number of aromatic nitrogens is 1. The summed E-state index contributed by atoms with van der Waals surface area (Å²) < 4.78 is 0. The number of piperazine rings is 1. The monoisotopic (exact) mass is 357 g/mol. The number of nitrogens with zero attached hydrogens (tertiary/aromatic N) is 3. The van der Waals surface area contributed by atoms with Gasteiger partial charge in [0.2, 0.25) is 5.91 Å². The first kappa shape index (κ1) is 17.4. The van der Waals surface area contributed by atoms with Gasteiger partial charge in [0.15, 0.2) is 0 Å². The van der Waals surface area contributed by atoms with Gasteiger partial charge in [0.05, 0.1) is 0 Å². The second-order valence-corrected chi connectivity index (χ2v) is 6.86. The van der Waals surface area contributed by atoms with Crippen LogP contribution in [0.1, 0.15) is 11.1 Å². The van der Waals surface area contributed by atoms with Gasteiger partial charge in [0.1, 0.15) is 0 Å². The van der Waals surface area contributed by atoms with Crippen LogP contribution in [-0.4, -0.2) is 46.9 Å². The molecule has 1 aliphatic heterocycles. The van der Waals surface area contributed by atoms with Gasteiger partial charge in [-0.15, -0.1) is 0 Å². The first-order valence-electron chi connectivity index (χ1n) is 9.35. The Labute approximate surface area is 159 Å². The molecule has 0 bridgehead atoms. The molecular weight excluding hydrogens is 334 g/mol. The fraction of sp³-hybridized carbons (Fsp3) is 0.217. The highest BCUT2D eigenvalue weighted by molar-refractivity contribution is 5.91. The minimum absolute atomic E-state index is 0.0728. The number of fused-ring (bicyclic) bond motifs is 1. The van der Waals surface area contributed by atoms with E-state index in [0.29, 0.717) is 0 Å². The van der Waals surface area contributed by atoms with Crippen LogP contribution in [0.15, 0.2) is 73.1 Å². The smallest absolute Gasteiger partial charge is 0.246 e. The zero-order valence-corrected chi connectivity index (χ0v) is 15.3. The molecule has 1 aliphatic rings. The Morgan fingerprint density at radius 2 is 1.78 bits per heavy atom. The van der Waals surface area contributed by atoms with Gasteiger partial charge in [-0.2, -0.15) is 0 Å². The van der Waals surface area contributed by atoms with Crippen molar-refractivity contribution in [2.24, 2.45) is 0 Å². The van der Waals surface area contributed by atoms with Crippen molar-refractivity contribution in [1.29, 1.82) is 0 Å². The van der Waals surface area contributed by atoms with E-state index in [4.69, 9.17) is 0 Å². The zero-order chi connectivity index (χ0) is 18.5. The zero-order valence-electron chi connectivity index (χ0n) is 15.3. The summed E-state index contributed by atoms with van der Waals surface area (Å²) in [7, 11) is 0. The quantitative estimate of drug-likeness (QED) is 0.670. The van der Waals surface area contributed by atoms with Crippen LogP contribution in [0.5, 0.6) is 0 Å². The van der Waals surface area contributed by atoms with Crippen LogP contribution in [0, 0.1) is 0 Å². The maximum atomic E-state index is 12.4. The maximum Gasteiger partial charge on any atom is 0.246 e. The van der Waals surface area contributed by atoms with Crippen LogP contribution < -0.4 is 0 Å². The Bertz CT molecular complexity index is 939. The number of rotatable bonds is 4. The molecule has 0 unspecified atom stereocenters. The van der Waals surface area contributed by atoms with Gasteiger partial charge in [0.25, 0.3) is 0 Å². The molecule has 1 saturated heterocycles. The van der Waals surface area contributed by atoms with E-state index in [1.165, 1.54) is 16.3 Å². The summed E-state index contributed by atoms with van der Waals surface area (Å²) in [5, 5.41) is 2.60. The predicted octanol–water partition coefficient (Wildman–Crippen LogP) is 3.59. The van der Waals surface area contributed by atoms with Crippen molar-refractivity contribution in [2.75, 3.05) is 26.2 Å². The van der Waals surface area contributed by atoms with Gasteiger partial charge < -0.3 is 4.90 Å². The third-order valence-electron chi connectivity index (χ3n) is 5.06. The molecule has 4 nitrogen and oxygen atoms in total. The summed E-state index contributed by atoms with van der Waals surface area (Å²) >= 11 is 0. The van der Waals surface area contributed by atoms with E-state index in [2.05, 4.69) is 52.3 Å². The predicted molar refractivity (Wildman–Crippen MR) is 109 cm³/mol. The molecule has 1 amide bonds. The van der Waals surface area contributed by atoms with Gasteiger partial charge in [-0.25, -0.2) is 0 Å². The second-order valence-electron chi connectivity index (χ2n) is 6.86. The summed E-state index contributed by atoms with van der Waals surface area (Å²) in [4.78, 5) is 20.8. The summed E-state index contributed by atoms with van der Waals surface area (Å²) in [6.45, 7) is 4.25. The van der Waals surface area contributed by atoms with E-state index < -0.39 is 0 Å². The van der Waals surface area contributed by atoms with E-state index in [1.807, 2.05) is 23.1 Å². The number of benzene rings is 2. The topological polar surface area (TPSA) is 36.4 Å². The van der Waals surface area contributed by atoms with Crippen LogP contribution >= 0.6 is 0 Å². The van der Waals surface area contributed by atoms with Crippen LogP contribution in [0.2, 0.25) is 0 Å². The van der Waals surface area contributed by atoms with Crippen molar-refractivity contribution in [3.8, 4) is 0 Å². The summed E-state index contributed by atoms with van der Waals surface area (Å²) in [6.07, 6.45) is 6.97. The average Bonchev–Trinajstić information content (AvgIpc) is 2.74. The van der Waals surface area contributed by atoms with Crippen molar-refractivity contribution in [3.05, 3.63) is 84.2 Å². The number of hydrogen-bond acceptors (Lipinski definition) is 3. The highest BCUT2D eigenvalue weighted by atomic mass is 16.2. The fourth-order valence-electron chi connectivity index (χ4n) is 3.55. The Kier molecular flexibility index (Phi) is 5.26. The van der Waals surface area contributed by atoms with Crippen LogP contribution in [-0.2, 0) is 11.3 Å². The third kappa shape index (κ3) is 4.23. The number of hydrogen-bond donors (Lipinski definition) is 0. The summed E-state index contributed by atoms with van der Waals surface area (Å²) in [5.41, 5.74) is 2.30. The van der Waals surface area contributed by atoms with E-state index >= 15 is 0 Å². The van der Waals surface area contributed by atoms with Gasteiger partial charge in [-0.1, -0.05) is 48.5 Å². The summed E-state index contributed by atoms with van der Waals surface area (Å²) in [5.74, 6) is 0.0728. The summed E-state index contributed by atoms with van der Waals surface area (Å²) in [6, 6.07) is 18.8. The normalized spacial score (nSPS) is 15.5. The fourth-order valence-corrected chi connectivity index (χ4v) is 3.55. The maximum absolute atomic E-state index is 12.4. The Hall–Kier alpha value is -2.98. The average molecular weight is 357 g/mol. The molecule has 2 heterocycles. The molecule has 1 aromatic heterocycles. The minimum Gasteiger partial charge on any atom is -0.337 e. The highest BCUT2D eigenvalue weighted by Crippen LogP contribution is 2.20. The second kappa shape index (κ2) is 8.14. The largest absolute Gasteiger partial charge is 0.337 e. The molecule has 4 heteroatoms. The molecule has 2 aromatic carbocycles. The number of carbonyl (C=O) groups excluding carboxylic acids is 1. The van der Waals surface area contributed by atoms with Crippen molar-refractivity contribution < 1.29 is 4.79 Å². The molecule has 0 spiro atoms. The lowest BCUT2D eigenvalue weighted by Gasteiger charge is -2.34. The molecular formula is C23H23N3O. The van der Waals surface area contributed by atoms with Crippen molar-refractivity contribution >= 4 is 22.8 Å². The number of pyridine rings is 1. The van der Waals surface area contributed by atoms with Crippen LogP contribution in [0.4, 0.5) is 0 Å². The van der Waals surface area contributed by atoms with Gasteiger partial charge in [-0.3, -0.25) is 14.7 Å². The first-order chi connectivity index (χ1) is 13.3. The van der Waals surface area contributed by atoms with Crippen molar-refractivity contribution in [2.45, 2.75) is 6.54 Å². The molecule has 0 atom stereocenters. The lowest BCUT2D eigenvalue weighted by molar-refractivity contribution is -0.127. The molecule has 0 aliphatic carbocycles. The highest BCUT2D eigenvalue weighted by Gasteiger charge is 2.20. The molecule has 1 fully saturated rings. The SMILES string of the molecule is O=C(/C=C/c1cccnc1)N1CCN(Cc2cccc3ccccc23)CC1. The van der Waals surface area contributed by atoms with Gasteiger partial charge >= 0.3 is 0 Å². The lowest BCUT2D eigenvalue weighted by Crippen LogP contribution is -2.47. The third-order valence-corrected chi connectivity index (χ3v) is 5.06. The van der Waals surface area contributed by atoms with Gasteiger partial charge in [0, 0.05) is 51.2 Å². The molecule has 4 rings (SSSR count). The van der Waals surface area contributed by atoms with Crippen LogP contribution in [0.3, 0.4) is 0 Å². The molecule has 0 N–H and O–H groups in total. The van der Waals surface area contributed by atoms with Crippen molar-refractivity contribution in [1.82, 2.24) is 14.8 Å².